The fraction of sp³-hybridized carbons (Fsp3) is 0.364. The topological polar surface area (TPSA) is 51.0 Å². The van der Waals surface area contributed by atoms with Crippen LogP contribution >= 0.6 is 0 Å². The highest BCUT2D eigenvalue weighted by molar-refractivity contribution is 5.88. The van der Waals surface area contributed by atoms with Gasteiger partial charge in [-0.25, -0.2) is 4.79 Å². The maximum absolute atomic E-state index is 11.0. The van der Waals surface area contributed by atoms with E-state index < -0.39 is 0 Å². The highest BCUT2D eigenvalue weighted by Crippen LogP contribution is 1.96. The third-order valence-corrected chi connectivity index (χ3v) is 1.60. The van der Waals surface area contributed by atoms with Gasteiger partial charge >= 0.3 is 5.97 Å². The molecule has 82 valence electrons. The number of nitrogens with zero attached hydrogens (tertiary/aromatic N) is 2. The second-order valence-corrected chi connectivity index (χ2v) is 2.94. The number of aliphatic imine (C=N–C) groups is 2. The average Bonchev–Trinajstić information content (AvgIpc) is 2.24. The van der Waals surface area contributed by atoms with Crippen LogP contribution in [0.25, 0.3) is 0 Å². The van der Waals surface area contributed by atoms with Gasteiger partial charge in [-0.1, -0.05) is 6.08 Å². The summed E-state index contributed by atoms with van der Waals surface area (Å²) in [5, 5.41) is 0. The van der Waals surface area contributed by atoms with E-state index in [2.05, 4.69) is 21.4 Å². The van der Waals surface area contributed by atoms with Crippen LogP contribution in [-0.4, -0.2) is 32.6 Å². The van der Waals surface area contributed by atoms with Crippen LogP contribution in [-0.2, 0) is 9.53 Å². The van der Waals surface area contributed by atoms with Crippen molar-refractivity contribution in [2.75, 3.05) is 13.7 Å². The van der Waals surface area contributed by atoms with Gasteiger partial charge < -0.3 is 4.74 Å². The van der Waals surface area contributed by atoms with Crippen LogP contribution in [0.5, 0.6) is 0 Å². The molecule has 0 aromatic heterocycles. The molecule has 15 heavy (non-hydrogen) atoms. The summed E-state index contributed by atoms with van der Waals surface area (Å²) < 4.78 is 4.52. The van der Waals surface area contributed by atoms with E-state index in [0.29, 0.717) is 12.1 Å². The summed E-state index contributed by atoms with van der Waals surface area (Å²) in [6, 6.07) is 0. The maximum Gasteiger partial charge on any atom is 0.334 e. The molecular weight excluding hydrogens is 192 g/mol. The Hall–Kier alpha value is -1.71. The highest BCUT2D eigenvalue weighted by Gasteiger charge is 2.00. The molecule has 0 amide bonds. The van der Waals surface area contributed by atoms with Crippen LogP contribution in [0.15, 0.2) is 33.4 Å². The summed E-state index contributed by atoms with van der Waals surface area (Å²) in [6.07, 6.45) is 5.00. The Balaban J connectivity index is 4.30. The molecule has 0 spiro atoms. The Morgan fingerprint density at radius 1 is 1.47 bits per heavy atom. The van der Waals surface area contributed by atoms with E-state index in [1.807, 2.05) is 13.0 Å². The summed E-state index contributed by atoms with van der Waals surface area (Å²) in [5.41, 5.74) is 1.43. The van der Waals surface area contributed by atoms with E-state index >= 15 is 0 Å². The summed E-state index contributed by atoms with van der Waals surface area (Å²) in [5.74, 6) is -0.374. The summed E-state index contributed by atoms with van der Waals surface area (Å²) >= 11 is 0. The van der Waals surface area contributed by atoms with Gasteiger partial charge in [-0.2, -0.15) is 0 Å². The minimum Gasteiger partial charge on any atom is -0.466 e. The van der Waals surface area contributed by atoms with Gasteiger partial charge in [0.2, 0.25) is 0 Å². The number of allylic oxidation sites excluding steroid dienone is 1. The number of rotatable bonds is 5. The lowest BCUT2D eigenvalue weighted by Gasteiger charge is -1.95. The first-order valence-corrected chi connectivity index (χ1v) is 4.49. The standard InChI is InChI=1S/C11H16N2O2/c1-9(5-6-12-3)7-13-8-10(2)11(14)15-4/h5,7-8H,3,6H2,1-2,4H3/b9-5-,10-8+,13-7+. The van der Waals surface area contributed by atoms with Crippen LogP contribution in [0.3, 0.4) is 0 Å². The Bertz CT molecular complexity index is 315. The lowest BCUT2D eigenvalue weighted by Crippen LogP contribution is -2.00. The van der Waals surface area contributed by atoms with Crippen molar-refractivity contribution in [1.29, 1.82) is 0 Å². The molecule has 0 N–H and O–H groups in total. The van der Waals surface area contributed by atoms with Gasteiger partial charge in [-0.05, 0) is 26.1 Å². The van der Waals surface area contributed by atoms with Crippen molar-refractivity contribution in [2.24, 2.45) is 9.98 Å². The molecule has 0 aromatic carbocycles. The molecule has 0 aromatic rings. The third kappa shape index (κ3) is 6.37. The number of methoxy groups -OCH3 is 1. The molecule has 0 saturated heterocycles. The van der Waals surface area contributed by atoms with Crippen LogP contribution in [0.2, 0.25) is 0 Å². The van der Waals surface area contributed by atoms with Gasteiger partial charge in [0.25, 0.3) is 0 Å². The number of ether oxygens (including phenoxy) is 1. The van der Waals surface area contributed by atoms with Crippen LogP contribution < -0.4 is 0 Å². The molecule has 4 nitrogen and oxygen atoms in total. The van der Waals surface area contributed by atoms with E-state index in [1.54, 1.807) is 13.1 Å². The van der Waals surface area contributed by atoms with Gasteiger partial charge in [-0.3, -0.25) is 9.98 Å². The smallest absolute Gasteiger partial charge is 0.334 e. The Morgan fingerprint density at radius 3 is 2.67 bits per heavy atom. The number of esters is 1. The van der Waals surface area contributed by atoms with Gasteiger partial charge in [0, 0.05) is 12.4 Å². The third-order valence-electron chi connectivity index (χ3n) is 1.60. The fourth-order valence-corrected chi connectivity index (χ4v) is 0.742. The lowest BCUT2D eigenvalue weighted by molar-refractivity contribution is -0.136. The number of hydrogen-bond donors (Lipinski definition) is 0. The molecule has 0 rings (SSSR count). The monoisotopic (exact) mass is 208 g/mol. The second kappa shape index (κ2) is 7.67. The van der Waals surface area contributed by atoms with Crippen molar-refractivity contribution in [3.8, 4) is 0 Å². The average molecular weight is 208 g/mol. The summed E-state index contributed by atoms with van der Waals surface area (Å²) in [6.45, 7) is 7.48. The quantitative estimate of drug-likeness (QED) is 0.393. The van der Waals surface area contributed by atoms with E-state index in [1.165, 1.54) is 13.3 Å². The molecule has 0 aliphatic heterocycles. The minimum atomic E-state index is -0.374. The van der Waals surface area contributed by atoms with Gasteiger partial charge in [0.1, 0.15) is 0 Å². The van der Waals surface area contributed by atoms with Crippen molar-refractivity contribution in [3.05, 3.63) is 23.4 Å². The second-order valence-electron chi connectivity index (χ2n) is 2.94. The molecule has 0 aliphatic rings. The predicted octanol–water partition coefficient (Wildman–Crippen LogP) is 1.78. The van der Waals surface area contributed by atoms with Crippen molar-refractivity contribution in [2.45, 2.75) is 13.8 Å². The van der Waals surface area contributed by atoms with Crippen molar-refractivity contribution < 1.29 is 9.53 Å². The van der Waals surface area contributed by atoms with Crippen LogP contribution in [0.4, 0.5) is 0 Å². The first-order valence-electron chi connectivity index (χ1n) is 4.49. The normalized spacial score (nSPS) is 13.0. The Labute approximate surface area is 90.1 Å². The lowest BCUT2D eigenvalue weighted by atomic mass is 10.3. The zero-order chi connectivity index (χ0) is 11.7. The van der Waals surface area contributed by atoms with Gasteiger partial charge in [0.15, 0.2) is 0 Å². The molecule has 0 radical (unpaired) electrons. The molecular formula is C11H16N2O2. The molecule has 0 fully saturated rings. The maximum atomic E-state index is 11.0. The highest BCUT2D eigenvalue weighted by atomic mass is 16.5. The number of hydrogen-bond acceptors (Lipinski definition) is 4. The molecule has 0 aliphatic carbocycles. The fourth-order valence-electron chi connectivity index (χ4n) is 0.742. The Morgan fingerprint density at radius 2 is 2.13 bits per heavy atom. The zero-order valence-corrected chi connectivity index (χ0v) is 9.36. The van der Waals surface area contributed by atoms with Crippen LogP contribution in [0, 0.1) is 0 Å². The van der Waals surface area contributed by atoms with E-state index in [4.69, 9.17) is 0 Å². The summed E-state index contributed by atoms with van der Waals surface area (Å²) in [4.78, 5) is 18.6. The molecule has 0 bridgehead atoms. The molecule has 0 saturated carbocycles. The predicted molar refractivity (Wildman–Crippen MR) is 62.4 cm³/mol. The number of carbonyl (C=O) groups is 1. The SMILES string of the molecule is C=NC\C=C(C)/C=N/C=C(\C)C(=O)OC. The first-order chi connectivity index (χ1) is 7.11. The van der Waals surface area contributed by atoms with E-state index in [-0.39, 0.29) is 5.97 Å². The zero-order valence-electron chi connectivity index (χ0n) is 9.36. The number of carbonyl (C=O) groups excluding carboxylic acids is 1. The van der Waals surface area contributed by atoms with Gasteiger partial charge in [-0.15, -0.1) is 0 Å². The molecule has 4 heteroatoms. The van der Waals surface area contributed by atoms with E-state index in [0.717, 1.165) is 5.57 Å². The molecule has 0 atom stereocenters. The van der Waals surface area contributed by atoms with Gasteiger partial charge in [0.05, 0.1) is 19.2 Å². The van der Waals surface area contributed by atoms with E-state index in [9.17, 15) is 4.79 Å². The van der Waals surface area contributed by atoms with Crippen LogP contribution in [0.1, 0.15) is 13.8 Å². The largest absolute Gasteiger partial charge is 0.466 e. The van der Waals surface area contributed by atoms with Crippen molar-refractivity contribution in [3.63, 3.8) is 0 Å². The first kappa shape index (κ1) is 13.3. The molecule has 0 unspecified atom stereocenters. The van der Waals surface area contributed by atoms with Crippen molar-refractivity contribution in [1.82, 2.24) is 0 Å². The van der Waals surface area contributed by atoms with Crippen molar-refractivity contribution >= 4 is 18.9 Å². The minimum absolute atomic E-state index is 0.374. The Kier molecular flexibility index (Phi) is 6.80. The summed E-state index contributed by atoms with van der Waals surface area (Å²) in [7, 11) is 1.34. The molecule has 0 heterocycles.